The maximum absolute atomic E-state index is 11.1. The van der Waals surface area contributed by atoms with Crippen molar-refractivity contribution in [2.24, 2.45) is 16.8 Å². The van der Waals surface area contributed by atoms with Crippen LogP contribution in [-0.2, 0) is 14.3 Å². The molecule has 2 atom stereocenters. The highest BCUT2D eigenvalue weighted by Gasteiger charge is 2.15. The zero-order valence-corrected chi connectivity index (χ0v) is 20.8. The number of aliphatic carboxylic acids is 1. The Labute approximate surface area is 199 Å². The zero-order chi connectivity index (χ0) is 24.1. The third-order valence-electron chi connectivity index (χ3n) is 5.72. The van der Waals surface area contributed by atoms with Gasteiger partial charge < -0.3 is 14.6 Å². The minimum absolute atomic E-state index is 0.0664. The van der Waals surface area contributed by atoms with Gasteiger partial charge in [-0.2, -0.15) is 0 Å². The fourth-order valence-electron chi connectivity index (χ4n) is 3.89. The Hall–Kier alpha value is -2.56. The summed E-state index contributed by atoms with van der Waals surface area (Å²) >= 11 is 0. The van der Waals surface area contributed by atoms with Crippen molar-refractivity contribution in [1.82, 2.24) is 0 Å². The number of carbonyl (C=O) groups is 1. The largest absolute Gasteiger partial charge is 0.494 e. The molecule has 0 saturated heterocycles. The number of allylic oxidation sites excluding steroid dienone is 7. The Bertz CT molecular complexity index is 814. The summed E-state index contributed by atoms with van der Waals surface area (Å²) in [7, 11) is 0. The highest BCUT2D eigenvalue weighted by atomic mass is 16.5. The average molecular weight is 456 g/mol. The molecule has 0 amide bonds. The quantitative estimate of drug-likeness (QED) is 0.224. The van der Waals surface area contributed by atoms with Gasteiger partial charge in [0.1, 0.15) is 5.76 Å². The minimum atomic E-state index is -0.719. The number of ether oxygens (including phenoxy) is 2. The maximum atomic E-state index is 11.1. The lowest BCUT2D eigenvalue weighted by molar-refractivity contribution is -0.138. The van der Waals surface area contributed by atoms with Gasteiger partial charge in [-0.1, -0.05) is 43.7 Å². The Morgan fingerprint density at radius 1 is 1.21 bits per heavy atom. The molecule has 0 fully saturated rings. The van der Waals surface area contributed by atoms with Crippen molar-refractivity contribution >= 4 is 11.9 Å². The van der Waals surface area contributed by atoms with Crippen LogP contribution in [0.25, 0.3) is 0 Å². The van der Waals surface area contributed by atoms with Crippen molar-refractivity contribution in [3.8, 4) is 0 Å². The molecule has 0 heterocycles. The minimum Gasteiger partial charge on any atom is -0.494 e. The number of carboxylic acids is 1. The molecule has 182 valence electrons. The molecule has 0 aromatic heterocycles. The van der Waals surface area contributed by atoms with E-state index in [-0.39, 0.29) is 18.4 Å². The molecular formula is C28H41NO4. The third-order valence-corrected chi connectivity index (χ3v) is 5.72. The second-order valence-corrected chi connectivity index (χ2v) is 9.14. The predicted octanol–water partition coefficient (Wildman–Crippen LogP) is 6.79. The highest BCUT2D eigenvalue weighted by molar-refractivity contribution is 5.96. The molecule has 5 heteroatoms. The van der Waals surface area contributed by atoms with Crippen molar-refractivity contribution in [2.45, 2.75) is 78.7 Å². The van der Waals surface area contributed by atoms with Crippen LogP contribution in [0, 0.1) is 11.8 Å². The first-order valence-corrected chi connectivity index (χ1v) is 12.4. The first kappa shape index (κ1) is 26.7. The van der Waals surface area contributed by atoms with E-state index in [0.717, 1.165) is 49.9 Å². The molecule has 0 aromatic carbocycles. The molecular weight excluding hydrogens is 414 g/mol. The van der Waals surface area contributed by atoms with Gasteiger partial charge in [-0.25, -0.2) is 0 Å². The SMILES string of the molecule is CCC1=CCC=C(C(=NCCCOC2=C/C(C)CC[C@@H](CC(=O)O)C/C=C\2)OC(C)C)C=C1. The van der Waals surface area contributed by atoms with Crippen LogP contribution in [0.5, 0.6) is 0 Å². The maximum Gasteiger partial charge on any atom is 0.303 e. The lowest BCUT2D eigenvalue weighted by Gasteiger charge is -2.14. The Balaban J connectivity index is 1.90. The van der Waals surface area contributed by atoms with E-state index in [9.17, 15) is 4.79 Å². The fourth-order valence-corrected chi connectivity index (χ4v) is 3.89. The molecule has 2 aliphatic rings. The van der Waals surface area contributed by atoms with Crippen molar-refractivity contribution in [3.63, 3.8) is 0 Å². The Kier molecular flexibility index (Phi) is 11.8. The molecule has 0 bridgehead atoms. The Morgan fingerprint density at radius 3 is 2.76 bits per heavy atom. The van der Waals surface area contributed by atoms with Gasteiger partial charge in [0.25, 0.3) is 0 Å². The van der Waals surface area contributed by atoms with Crippen LogP contribution in [-0.4, -0.2) is 36.2 Å². The van der Waals surface area contributed by atoms with Gasteiger partial charge in [0, 0.05) is 25.0 Å². The predicted molar refractivity (Wildman–Crippen MR) is 135 cm³/mol. The second-order valence-electron chi connectivity index (χ2n) is 9.14. The topological polar surface area (TPSA) is 68.1 Å². The normalized spacial score (nSPS) is 24.4. The molecule has 1 unspecified atom stereocenters. The number of rotatable bonds is 10. The molecule has 0 radical (unpaired) electrons. The van der Waals surface area contributed by atoms with Crippen molar-refractivity contribution < 1.29 is 19.4 Å². The van der Waals surface area contributed by atoms with E-state index in [1.807, 2.05) is 26.0 Å². The van der Waals surface area contributed by atoms with Gasteiger partial charge in [-0.05, 0) is 76.0 Å². The molecule has 0 aliphatic heterocycles. The van der Waals surface area contributed by atoms with E-state index in [0.29, 0.717) is 25.0 Å². The van der Waals surface area contributed by atoms with Gasteiger partial charge >= 0.3 is 5.97 Å². The highest BCUT2D eigenvalue weighted by Crippen LogP contribution is 2.24. The molecule has 5 nitrogen and oxygen atoms in total. The summed E-state index contributed by atoms with van der Waals surface area (Å²) in [5.74, 6) is 1.40. The molecule has 0 saturated carbocycles. The van der Waals surface area contributed by atoms with Gasteiger partial charge in [0.05, 0.1) is 12.7 Å². The van der Waals surface area contributed by atoms with Crippen molar-refractivity contribution in [2.75, 3.05) is 13.2 Å². The summed E-state index contributed by atoms with van der Waals surface area (Å²) in [6, 6.07) is 0. The molecule has 2 aliphatic carbocycles. The van der Waals surface area contributed by atoms with E-state index in [4.69, 9.17) is 19.6 Å². The molecule has 0 spiro atoms. The number of carboxylic acid groups (broad SMARTS) is 1. The molecule has 2 rings (SSSR count). The monoisotopic (exact) mass is 455 g/mol. The number of aliphatic imine (C=N–C) groups is 1. The van der Waals surface area contributed by atoms with Gasteiger partial charge in [0.2, 0.25) is 5.90 Å². The summed E-state index contributed by atoms with van der Waals surface area (Å²) in [4.78, 5) is 15.8. The summed E-state index contributed by atoms with van der Waals surface area (Å²) in [6.07, 6.45) is 20.5. The van der Waals surface area contributed by atoms with Gasteiger partial charge in [-0.15, -0.1) is 0 Å². The van der Waals surface area contributed by atoms with Crippen LogP contribution in [0.3, 0.4) is 0 Å². The van der Waals surface area contributed by atoms with Crippen LogP contribution in [0.4, 0.5) is 0 Å². The van der Waals surface area contributed by atoms with E-state index in [1.165, 1.54) is 5.57 Å². The summed E-state index contributed by atoms with van der Waals surface area (Å²) < 4.78 is 12.0. The van der Waals surface area contributed by atoms with Gasteiger partial charge in [-0.3, -0.25) is 9.79 Å². The summed E-state index contributed by atoms with van der Waals surface area (Å²) in [5.41, 5.74) is 2.37. The van der Waals surface area contributed by atoms with E-state index < -0.39 is 5.97 Å². The lowest BCUT2D eigenvalue weighted by Crippen LogP contribution is -2.14. The van der Waals surface area contributed by atoms with Crippen LogP contribution < -0.4 is 0 Å². The second kappa shape index (κ2) is 14.6. The molecule has 33 heavy (non-hydrogen) atoms. The van der Waals surface area contributed by atoms with Gasteiger partial charge in [0.15, 0.2) is 0 Å². The smallest absolute Gasteiger partial charge is 0.303 e. The summed E-state index contributed by atoms with van der Waals surface area (Å²) in [5, 5.41) is 9.10. The van der Waals surface area contributed by atoms with Crippen LogP contribution in [0.2, 0.25) is 0 Å². The van der Waals surface area contributed by atoms with Crippen molar-refractivity contribution in [3.05, 3.63) is 59.4 Å². The van der Waals surface area contributed by atoms with Crippen LogP contribution in [0.15, 0.2) is 64.4 Å². The third kappa shape index (κ3) is 10.7. The summed E-state index contributed by atoms with van der Waals surface area (Å²) in [6.45, 7) is 9.58. The number of hydrogen-bond acceptors (Lipinski definition) is 4. The average Bonchev–Trinajstić information content (AvgIpc) is 2.96. The lowest BCUT2D eigenvalue weighted by atomic mass is 9.92. The first-order chi connectivity index (χ1) is 15.9. The Morgan fingerprint density at radius 2 is 2.03 bits per heavy atom. The van der Waals surface area contributed by atoms with Crippen LogP contribution in [0.1, 0.15) is 72.6 Å². The molecule has 0 aromatic rings. The zero-order valence-electron chi connectivity index (χ0n) is 20.8. The van der Waals surface area contributed by atoms with E-state index in [2.05, 4.69) is 44.2 Å². The van der Waals surface area contributed by atoms with Crippen molar-refractivity contribution in [1.29, 1.82) is 0 Å². The molecule has 1 N–H and O–H groups in total. The standard InChI is InChI=1S/C28H41NO4/c1-5-23-9-6-11-25(16-15-23)28(33-21(2)3)29-17-8-18-32-26-12-7-10-24(20-27(30)31)14-13-22(4)19-26/h7,9,11-12,15-16,19,21-22,24H,5-6,8,10,13-14,17-18,20H2,1-4H3,(H,30,31)/b12-7-,26-19+,29-28?/t22?,24-/m0/s1. The van der Waals surface area contributed by atoms with E-state index >= 15 is 0 Å². The number of nitrogens with zero attached hydrogens (tertiary/aromatic N) is 1. The van der Waals surface area contributed by atoms with Crippen LogP contribution >= 0.6 is 0 Å². The fraction of sp³-hybridized carbons (Fsp3) is 0.571. The van der Waals surface area contributed by atoms with E-state index in [1.54, 1.807) is 0 Å². The number of hydrogen-bond donors (Lipinski definition) is 1. The first-order valence-electron chi connectivity index (χ1n) is 12.4.